The van der Waals surface area contributed by atoms with Crippen molar-refractivity contribution in [2.45, 2.75) is 50.0 Å². The average molecular weight is 278 g/mol. The average Bonchev–Trinajstić information content (AvgIpc) is 2.75. The largest absolute Gasteiger partial charge is 0.378 e. The molecule has 3 nitrogen and oxygen atoms in total. The smallest absolute Gasteiger partial charge is 0.220 e. The van der Waals surface area contributed by atoms with E-state index in [1.165, 1.54) is 0 Å². The number of ether oxygens (including phenoxy) is 1. The second-order valence-corrected chi connectivity index (χ2v) is 5.28. The summed E-state index contributed by atoms with van der Waals surface area (Å²) in [5, 5.41) is 2.92. The molecular formula is C11H20BrNO2. The summed E-state index contributed by atoms with van der Waals surface area (Å²) in [6, 6.07) is 0. The van der Waals surface area contributed by atoms with E-state index in [0.717, 1.165) is 38.8 Å². The first-order chi connectivity index (χ1) is 7.22. The summed E-state index contributed by atoms with van der Waals surface area (Å²) in [5.41, 5.74) is 0. The third kappa shape index (κ3) is 5.52. The summed E-state index contributed by atoms with van der Waals surface area (Å²) in [4.78, 5) is 11.8. The Labute approximate surface area is 100 Å². The van der Waals surface area contributed by atoms with Crippen LogP contribution in [0.1, 0.15) is 39.0 Å². The summed E-state index contributed by atoms with van der Waals surface area (Å²) >= 11 is 3.48. The minimum absolute atomic E-state index is 0.142. The zero-order valence-corrected chi connectivity index (χ0v) is 10.9. The third-order valence-electron chi connectivity index (χ3n) is 2.68. The summed E-state index contributed by atoms with van der Waals surface area (Å²) in [6.07, 6.45) is 5.07. The first kappa shape index (κ1) is 13.0. The van der Waals surface area contributed by atoms with Crippen LogP contribution >= 0.6 is 15.9 Å². The van der Waals surface area contributed by atoms with Gasteiger partial charge in [0.05, 0.1) is 6.10 Å². The molecule has 1 amide bonds. The van der Waals surface area contributed by atoms with Crippen molar-refractivity contribution in [3.8, 4) is 0 Å². The van der Waals surface area contributed by atoms with Gasteiger partial charge in [0.1, 0.15) is 0 Å². The highest BCUT2D eigenvalue weighted by Crippen LogP contribution is 2.16. The lowest BCUT2D eigenvalue weighted by Gasteiger charge is -2.11. The molecule has 1 aliphatic heterocycles. The van der Waals surface area contributed by atoms with Crippen molar-refractivity contribution in [3.63, 3.8) is 0 Å². The summed E-state index contributed by atoms with van der Waals surface area (Å²) in [5.74, 6) is 0.142. The molecule has 1 saturated heterocycles. The lowest BCUT2D eigenvalue weighted by Crippen LogP contribution is -2.29. The van der Waals surface area contributed by atoms with E-state index in [0.29, 0.717) is 17.4 Å². The molecule has 0 aliphatic carbocycles. The van der Waals surface area contributed by atoms with Crippen molar-refractivity contribution in [1.29, 1.82) is 0 Å². The highest BCUT2D eigenvalue weighted by atomic mass is 79.9. The maximum atomic E-state index is 11.4. The molecule has 2 atom stereocenters. The van der Waals surface area contributed by atoms with Gasteiger partial charge in [0.25, 0.3) is 0 Å². The maximum Gasteiger partial charge on any atom is 0.220 e. The lowest BCUT2D eigenvalue weighted by atomic mass is 10.1. The fourth-order valence-corrected chi connectivity index (χ4v) is 1.78. The highest BCUT2D eigenvalue weighted by molar-refractivity contribution is 9.09. The zero-order chi connectivity index (χ0) is 11.1. The highest BCUT2D eigenvalue weighted by Gasteiger charge is 2.16. The Morgan fingerprint density at radius 2 is 2.47 bits per heavy atom. The topological polar surface area (TPSA) is 38.3 Å². The Hall–Kier alpha value is -0.0900. The number of rotatable bonds is 6. The first-order valence-electron chi connectivity index (χ1n) is 5.74. The molecule has 0 aromatic carbocycles. The van der Waals surface area contributed by atoms with Crippen LogP contribution in [0.5, 0.6) is 0 Å². The Morgan fingerprint density at radius 1 is 1.67 bits per heavy atom. The number of alkyl halides is 1. The minimum Gasteiger partial charge on any atom is -0.378 e. The van der Waals surface area contributed by atoms with E-state index >= 15 is 0 Å². The van der Waals surface area contributed by atoms with Crippen LogP contribution in [0.15, 0.2) is 0 Å². The number of nitrogens with one attached hydrogen (secondary N) is 1. The second kappa shape index (κ2) is 7.23. The van der Waals surface area contributed by atoms with Crippen molar-refractivity contribution >= 4 is 21.8 Å². The fourth-order valence-electron chi connectivity index (χ4n) is 1.62. The predicted octanol–water partition coefficient (Wildman–Crippen LogP) is 2.24. The normalized spacial score (nSPS) is 22.7. The molecule has 1 N–H and O–H groups in total. The van der Waals surface area contributed by atoms with Crippen LogP contribution in [-0.2, 0) is 9.53 Å². The van der Waals surface area contributed by atoms with E-state index in [1.807, 2.05) is 0 Å². The van der Waals surface area contributed by atoms with Crippen molar-refractivity contribution in [2.24, 2.45) is 0 Å². The predicted molar refractivity (Wildman–Crippen MR) is 64.2 cm³/mol. The van der Waals surface area contributed by atoms with Crippen LogP contribution in [0.25, 0.3) is 0 Å². The minimum atomic E-state index is 0.142. The van der Waals surface area contributed by atoms with Crippen LogP contribution in [0.2, 0.25) is 0 Å². The van der Waals surface area contributed by atoms with Crippen molar-refractivity contribution in [2.75, 3.05) is 13.2 Å². The molecule has 0 aromatic heterocycles. The van der Waals surface area contributed by atoms with Gasteiger partial charge in [0, 0.05) is 24.4 Å². The van der Waals surface area contributed by atoms with Crippen LogP contribution in [-0.4, -0.2) is 30.0 Å². The maximum absolute atomic E-state index is 11.4. The van der Waals surface area contributed by atoms with Crippen LogP contribution in [0.3, 0.4) is 0 Å². The van der Waals surface area contributed by atoms with E-state index in [-0.39, 0.29) is 5.91 Å². The molecule has 0 spiro atoms. The van der Waals surface area contributed by atoms with Gasteiger partial charge in [-0.25, -0.2) is 0 Å². The molecule has 0 saturated carbocycles. The molecule has 0 bridgehead atoms. The van der Waals surface area contributed by atoms with E-state index in [1.54, 1.807) is 0 Å². The molecule has 88 valence electrons. The molecule has 4 heteroatoms. The molecular weight excluding hydrogens is 258 g/mol. The number of carbonyl (C=O) groups is 1. The molecule has 0 aromatic rings. The van der Waals surface area contributed by atoms with Gasteiger partial charge in [-0.05, 0) is 25.7 Å². The molecule has 1 aliphatic rings. The second-order valence-electron chi connectivity index (χ2n) is 3.98. The van der Waals surface area contributed by atoms with Crippen LogP contribution in [0.4, 0.5) is 0 Å². The van der Waals surface area contributed by atoms with Gasteiger partial charge in [-0.1, -0.05) is 22.9 Å². The Morgan fingerprint density at radius 3 is 3.07 bits per heavy atom. The Kier molecular flexibility index (Phi) is 6.25. The molecule has 1 rings (SSSR count). The van der Waals surface area contributed by atoms with Gasteiger partial charge in [-0.15, -0.1) is 0 Å². The SMILES string of the molecule is CCC(Br)CNC(=O)CCC1CCCO1. The van der Waals surface area contributed by atoms with E-state index in [2.05, 4.69) is 28.2 Å². The zero-order valence-electron chi connectivity index (χ0n) is 9.30. The van der Waals surface area contributed by atoms with Gasteiger partial charge >= 0.3 is 0 Å². The quantitative estimate of drug-likeness (QED) is 0.757. The van der Waals surface area contributed by atoms with E-state index < -0.39 is 0 Å². The molecule has 0 radical (unpaired) electrons. The molecule has 1 heterocycles. The van der Waals surface area contributed by atoms with Crippen molar-refractivity contribution < 1.29 is 9.53 Å². The standard InChI is InChI=1S/C11H20BrNO2/c1-2-9(12)8-13-11(14)6-5-10-4-3-7-15-10/h9-10H,2-8H2,1H3,(H,13,14). The van der Waals surface area contributed by atoms with Crippen molar-refractivity contribution in [1.82, 2.24) is 5.32 Å². The molecule has 15 heavy (non-hydrogen) atoms. The van der Waals surface area contributed by atoms with Crippen LogP contribution in [0, 0.1) is 0 Å². The van der Waals surface area contributed by atoms with E-state index in [9.17, 15) is 4.79 Å². The van der Waals surface area contributed by atoms with Gasteiger partial charge in [0.15, 0.2) is 0 Å². The van der Waals surface area contributed by atoms with Gasteiger partial charge in [-0.3, -0.25) is 4.79 Å². The third-order valence-corrected chi connectivity index (χ3v) is 3.65. The number of amides is 1. The van der Waals surface area contributed by atoms with Gasteiger partial charge in [0.2, 0.25) is 5.91 Å². The molecule has 1 fully saturated rings. The summed E-state index contributed by atoms with van der Waals surface area (Å²) < 4.78 is 5.46. The first-order valence-corrected chi connectivity index (χ1v) is 6.66. The Bertz CT molecular complexity index is 193. The lowest BCUT2D eigenvalue weighted by molar-refractivity contribution is -0.121. The van der Waals surface area contributed by atoms with Gasteiger partial charge < -0.3 is 10.1 Å². The monoisotopic (exact) mass is 277 g/mol. The number of hydrogen-bond donors (Lipinski definition) is 1. The number of halogens is 1. The van der Waals surface area contributed by atoms with Crippen LogP contribution < -0.4 is 5.32 Å². The summed E-state index contributed by atoms with van der Waals surface area (Å²) in [7, 11) is 0. The fraction of sp³-hybridized carbons (Fsp3) is 0.909. The van der Waals surface area contributed by atoms with Crippen molar-refractivity contribution in [3.05, 3.63) is 0 Å². The van der Waals surface area contributed by atoms with Gasteiger partial charge in [-0.2, -0.15) is 0 Å². The molecule has 2 unspecified atom stereocenters. The number of carbonyl (C=O) groups excluding carboxylic acids is 1. The summed E-state index contributed by atoms with van der Waals surface area (Å²) in [6.45, 7) is 3.68. The van der Waals surface area contributed by atoms with E-state index in [4.69, 9.17) is 4.74 Å². The Balaban J connectivity index is 2.02. The number of hydrogen-bond acceptors (Lipinski definition) is 2.